The van der Waals surface area contributed by atoms with Crippen LogP contribution in [0.15, 0.2) is 22.9 Å². The minimum atomic E-state index is 0.0785. The van der Waals surface area contributed by atoms with Crippen molar-refractivity contribution >= 4 is 17.3 Å². The van der Waals surface area contributed by atoms with E-state index in [1.165, 1.54) is 0 Å². The van der Waals surface area contributed by atoms with Crippen molar-refractivity contribution in [1.82, 2.24) is 19.9 Å². The molecule has 1 aliphatic heterocycles. The maximum atomic E-state index is 6.27. The van der Waals surface area contributed by atoms with E-state index in [-0.39, 0.29) is 5.92 Å². The third-order valence-electron chi connectivity index (χ3n) is 4.52. The molecule has 1 aromatic carbocycles. The molecule has 1 aliphatic rings. The molecule has 1 atom stereocenters. The molecular formula is C17H18ClN5O3. The Bertz CT molecular complexity index is 952. The lowest BCUT2D eigenvalue weighted by atomic mass is 9.98. The van der Waals surface area contributed by atoms with Gasteiger partial charge in [0.1, 0.15) is 0 Å². The number of halogens is 1. The highest BCUT2D eigenvalue weighted by Gasteiger charge is 2.27. The van der Waals surface area contributed by atoms with Crippen molar-refractivity contribution in [2.75, 3.05) is 26.1 Å². The van der Waals surface area contributed by atoms with Gasteiger partial charge in [-0.25, -0.2) is 0 Å². The maximum absolute atomic E-state index is 6.27. The van der Waals surface area contributed by atoms with E-state index >= 15 is 0 Å². The van der Waals surface area contributed by atoms with Crippen molar-refractivity contribution in [3.63, 3.8) is 0 Å². The van der Waals surface area contributed by atoms with Gasteiger partial charge in [0.05, 0.1) is 42.7 Å². The summed E-state index contributed by atoms with van der Waals surface area (Å²) < 4.78 is 18.0. The van der Waals surface area contributed by atoms with Gasteiger partial charge in [0.25, 0.3) is 0 Å². The Morgan fingerprint density at radius 2 is 2.15 bits per heavy atom. The van der Waals surface area contributed by atoms with Crippen molar-refractivity contribution in [3.05, 3.63) is 34.9 Å². The van der Waals surface area contributed by atoms with Crippen LogP contribution in [-0.4, -0.2) is 40.7 Å². The number of anilines is 1. The van der Waals surface area contributed by atoms with Crippen LogP contribution in [0, 0.1) is 0 Å². The first-order valence-corrected chi connectivity index (χ1v) is 8.48. The van der Waals surface area contributed by atoms with Gasteiger partial charge in [0.2, 0.25) is 11.7 Å². The number of nitrogens with zero attached hydrogens (tertiary/aromatic N) is 4. The van der Waals surface area contributed by atoms with Crippen molar-refractivity contribution in [1.29, 1.82) is 0 Å². The Morgan fingerprint density at radius 3 is 2.92 bits per heavy atom. The standard InChI is InChI=1S/C17H18ClN5O3/c1-23-13-5-10(7-19-12(13)8-20-23)17-21-16(22-26-17)9-4-11(18)15(25-3)14(6-9)24-2/h4,6,8,10,19H,5,7H2,1-3H3. The zero-order valence-electron chi connectivity index (χ0n) is 14.6. The maximum Gasteiger partial charge on any atom is 0.232 e. The van der Waals surface area contributed by atoms with Gasteiger partial charge in [-0.2, -0.15) is 10.1 Å². The lowest BCUT2D eigenvalue weighted by Crippen LogP contribution is -2.22. The molecule has 0 aliphatic carbocycles. The number of benzene rings is 1. The van der Waals surface area contributed by atoms with Crippen molar-refractivity contribution in [2.45, 2.75) is 12.3 Å². The Labute approximate surface area is 155 Å². The summed E-state index contributed by atoms with van der Waals surface area (Å²) in [6, 6.07) is 3.51. The molecule has 1 N–H and O–H groups in total. The highest BCUT2D eigenvalue weighted by atomic mass is 35.5. The summed E-state index contributed by atoms with van der Waals surface area (Å²) in [4.78, 5) is 4.56. The Kier molecular flexibility index (Phi) is 4.20. The largest absolute Gasteiger partial charge is 0.493 e. The van der Waals surface area contributed by atoms with Crippen LogP contribution < -0.4 is 14.8 Å². The second-order valence-corrected chi connectivity index (χ2v) is 6.47. The Balaban J connectivity index is 1.63. The van der Waals surface area contributed by atoms with Crippen LogP contribution in [-0.2, 0) is 13.5 Å². The number of fused-ring (bicyclic) bond motifs is 1. The van der Waals surface area contributed by atoms with Crippen LogP contribution in [0.3, 0.4) is 0 Å². The highest BCUT2D eigenvalue weighted by Crippen LogP contribution is 2.39. The monoisotopic (exact) mass is 375 g/mol. The zero-order chi connectivity index (χ0) is 18.3. The molecule has 2 aromatic heterocycles. The van der Waals surface area contributed by atoms with Crippen LogP contribution in [0.25, 0.3) is 11.4 Å². The zero-order valence-corrected chi connectivity index (χ0v) is 15.4. The molecule has 1 unspecified atom stereocenters. The smallest absolute Gasteiger partial charge is 0.232 e. The van der Waals surface area contributed by atoms with Crippen LogP contribution in [0.1, 0.15) is 17.5 Å². The summed E-state index contributed by atoms with van der Waals surface area (Å²) in [5, 5.41) is 12.2. The van der Waals surface area contributed by atoms with Crippen molar-refractivity contribution < 1.29 is 14.0 Å². The molecule has 3 aromatic rings. The third kappa shape index (κ3) is 2.76. The molecule has 8 nitrogen and oxygen atoms in total. The highest BCUT2D eigenvalue weighted by molar-refractivity contribution is 6.32. The number of rotatable bonds is 4. The minimum absolute atomic E-state index is 0.0785. The number of hydrogen-bond acceptors (Lipinski definition) is 7. The summed E-state index contributed by atoms with van der Waals surface area (Å²) in [5.74, 6) is 2.10. The minimum Gasteiger partial charge on any atom is -0.493 e. The average molecular weight is 376 g/mol. The molecule has 0 saturated carbocycles. The Hall–Kier alpha value is -2.74. The summed E-state index contributed by atoms with van der Waals surface area (Å²) in [6.45, 7) is 0.715. The normalized spacial score (nSPS) is 16.1. The predicted molar refractivity (Wildman–Crippen MR) is 96.0 cm³/mol. The van der Waals surface area contributed by atoms with Crippen molar-refractivity contribution in [2.24, 2.45) is 7.05 Å². The van der Waals surface area contributed by atoms with Gasteiger partial charge in [0, 0.05) is 25.6 Å². The summed E-state index contributed by atoms with van der Waals surface area (Å²) in [7, 11) is 5.02. The first-order valence-electron chi connectivity index (χ1n) is 8.11. The lowest BCUT2D eigenvalue weighted by Gasteiger charge is -2.21. The average Bonchev–Trinajstić information content (AvgIpc) is 3.28. The lowest BCUT2D eigenvalue weighted by molar-refractivity contribution is 0.351. The van der Waals surface area contributed by atoms with Crippen LogP contribution in [0.5, 0.6) is 11.5 Å². The molecule has 0 radical (unpaired) electrons. The SMILES string of the molecule is COc1cc(-c2noc(C3CNc4cnn(C)c4C3)n2)cc(Cl)c1OC. The molecule has 0 bridgehead atoms. The van der Waals surface area contributed by atoms with E-state index < -0.39 is 0 Å². The topological polar surface area (TPSA) is 87.2 Å². The van der Waals surface area contributed by atoms with E-state index in [1.54, 1.807) is 26.4 Å². The van der Waals surface area contributed by atoms with Gasteiger partial charge >= 0.3 is 0 Å². The molecule has 0 fully saturated rings. The number of hydrogen-bond donors (Lipinski definition) is 1. The summed E-state index contributed by atoms with van der Waals surface area (Å²) >= 11 is 6.27. The molecule has 0 amide bonds. The van der Waals surface area contributed by atoms with Crippen molar-refractivity contribution in [3.8, 4) is 22.9 Å². The van der Waals surface area contributed by atoms with Crippen LogP contribution >= 0.6 is 11.6 Å². The quantitative estimate of drug-likeness (QED) is 0.750. The van der Waals surface area contributed by atoms with Gasteiger partial charge in [0.15, 0.2) is 11.5 Å². The molecule has 0 spiro atoms. The van der Waals surface area contributed by atoms with Gasteiger partial charge in [-0.3, -0.25) is 4.68 Å². The van der Waals surface area contributed by atoms with E-state index in [9.17, 15) is 0 Å². The van der Waals surface area contributed by atoms with Gasteiger partial charge in [-0.05, 0) is 12.1 Å². The van der Waals surface area contributed by atoms with Crippen LogP contribution in [0.2, 0.25) is 5.02 Å². The van der Waals surface area contributed by atoms with E-state index in [1.807, 2.05) is 17.9 Å². The van der Waals surface area contributed by atoms with Gasteiger partial charge in [-0.1, -0.05) is 16.8 Å². The Morgan fingerprint density at radius 1 is 1.31 bits per heavy atom. The van der Waals surface area contributed by atoms with Crippen LogP contribution in [0.4, 0.5) is 5.69 Å². The summed E-state index contributed by atoms with van der Waals surface area (Å²) in [6.07, 6.45) is 2.61. The van der Waals surface area contributed by atoms with Gasteiger partial charge in [-0.15, -0.1) is 0 Å². The predicted octanol–water partition coefficient (Wildman–Crippen LogP) is 2.89. The molecule has 3 heterocycles. The van der Waals surface area contributed by atoms with Gasteiger partial charge < -0.3 is 19.3 Å². The number of ether oxygens (including phenoxy) is 2. The second kappa shape index (κ2) is 6.53. The molecule has 0 saturated heterocycles. The molecule has 4 rings (SSSR count). The van der Waals surface area contributed by atoms with E-state index in [4.69, 9.17) is 25.6 Å². The molecular weight excluding hydrogens is 358 g/mol. The fourth-order valence-electron chi connectivity index (χ4n) is 3.13. The number of aromatic nitrogens is 4. The molecule has 136 valence electrons. The van der Waals surface area contributed by atoms with E-state index in [0.717, 1.165) is 17.8 Å². The number of nitrogens with one attached hydrogen (secondary N) is 1. The number of methoxy groups -OCH3 is 2. The fourth-order valence-corrected chi connectivity index (χ4v) is 3.42. The van der Waals surface area contributed by atoms with E-state index in [0.29, 0.717) is 40.3 Å². The van der Waals surface area contributed by atoms with E-state index in [2.05, 4.69) is 20.6 Å². The third-order valence-corrected chi connectivity index (χ3v) is 4.80. The fraction of sp³-hybridized carbons (Fsp3) is 0.353. The first kappa shape index (κ1) is 16.7. The molecule has 26 heavy (non-hydrogen) atoms. The second-order valence-electron chi connectivity index (χ2n) is 6.06. The molecule has 9 heteroatoms. The number of aryl methyl sites for hydroxylation is 1. The summed E-state index contributed by atoms with van der Waals surface area (Å²) in [5.41, 5.74) is 2.87. The first-order chi connectivity index (χ1) is 12.6.